The molecule has 1 N–H and O–H groups in total. The summed E-state index contributed by atoms with van der Waals surface area (Å²) in [6.07, 6.45) is 0. The van der Waals surface area contributed by atoms with E-state index in [0.717, 1.165) is 16.7 Å². The van der Waals surface area contributed by atoms with E-state index in [0.29, 0.717) is 0 Å². The van der Waals surface area contributed by atoms with E-state index in [4.69, 9.17) is 11.6 Å². The van der Waals surface area contributed by atoms with Gasteiger partial charge in [0.2, 0.25) is 5.28 Å². The zero-order valence-corrected chi connectivity index (χ0v) is 12.7. The summed E-state index contributed by atoms with van der Waals surface area (Å²) in [6, 6.07) is 16.3. The first-order valence-corrected chi connectivity index (χ1v) is 7.27. The van der Waals surface area contributed by atoms with Crippen molar-refractivity contribution in [2.75, 3.05) is 5.32 Å². The van der Waals surface area contributed by atoms with Crippen LogP contribution < -0.4 is 5.32 Å². The molecule has 106 valence electrons. The molecule has 21 heavy (non-hydrogen) atoms. The number of para-hydroxylation sites is 1. The normalized spacial score (nSPS) is 12.3. The quantitative estimate of drug-likeness (QED) is 0.708. The SMILES string of the molecule is Cc1ccccc1C(C)Nc1nc(Cl)nc2ccccc12. The zero-order chi connectivity index (χ0) is 14.8. The van der Waals surface area contributed by atoms with E-state index in [2.05, 4.69) is 41.3 Å². The van der Waals surface area contributed by atoms with Crippen molar-refractivity contribution in [2.24, 2.45) is 0 Å². The molecule has 3 nitrogen and oxygen atoms in total. The molecule has 3 aromatic rings. The van der Waals surface area contributed by atoms with Crippen molar-refractivity contribution in [3.8, 4) is 0 Å². The summed E-state index contributed by atoms with van der Waals surface area (Å²) >= 11 is 6.02. The van der Waals surface area contributed by atoms with Crippen LogP contribution in [0, 0.1) is 6.92 Å². The van der Waals surface area contributed by atoms with Crippen LogP contribution in [-0.4, -0.2) is 9.97 Å². The summed E-state index contributed by atoms with van der Waals surface area (Å²) in [5.74, 6) is 0.765. The highest BCUT2D eigenvalue weighted by atomic mass is 35.5. The second-order valence-corrected chi connectivity index (χ2v) is 5.42. The maximum atomic E-state index is 6.02. The van der Waals surface area contributed by atoms with Crippen LogP contribution in [0.25, 0.3) is 10.9 Å². The molecule has 1 aromatic heterocycles. The predicted molar refractivity (Wildman–Crippen MR) is 87.8 cm³/mol. The van der Waals surface area contributed by atoms with Gasteiger partial charge in [0.05, 0.1) is 11.6 Å². The Labute approximate surface area is 129 Å². The topological polar surface area (TPSA) is 37.8 Å². The van der Waals surface area contributed by atoms with E-state index in [1.165, 1.54) is 11.1 Å². The van der Waals surface area contributed by atoms with Gasteiger partial charge in [-0.1, -0.05) is 36.4 Å². The van der Waals surface area contributed by atoms with Crippen molar-refractivity contribution in [1.29, 1.82) is 0 Å². The van der Waals surface area contributed by atoms with E-state index in [9.17, 15) is 0 Å². The Morgan fingerprint density at radius 1 is 1.00 bits per heavy atom. The minimum absolute atomic E-state index is 0.139. The van der Waals surface area contributed by atoms with Crippen molar-refractivity contribution in [3.05, 3.63) is 64.9 Å². The molecule has 0 saturated heterocycles. The minimum Gasteiger partial charge on any atom is -0.363 e. The van der Waals surface area contributed by atoms with Gasteiger partial charge in [0.25, 0.3) is 0 Å². The average Bonchev–Trinajstić information content (AvgIpc) is 2.47. The van der Waals surface area contributed by atoms with Crippen molar-refractivity contribution in [2.45, 2.75) is 19.9 Å². The maximum absolute atomic E-state index is 6.02. The zero-order valence-electron chi connectivity index (χ0n) is 12.0. The van der Waals surface area contributed by atoms with Crippen molar-refractivity contribution in [3.63, 3.8) is 0 Å². The highest BCUT2D eigenvalue weighted by Crippen LogP contribution is 2.26. The summed E-state index contributed by atoms with van der Waals surface area (Å²) in [6.45, 7) is 4.23. The fourth-order valence-corrected chi connectivity index (χ4v) is 2.69. The van der Waals surface area contributed by atoms with Gasteiger partial charge in [0, 0.05) is 5.39 Å². The largest absolute Gasteiger partial charge is 0.363 e. The monoisotopic (exact) mass is 297 g/mol. The van der Waals surface area contributed by atoms with Crippen LogP contribution in [0.5, 0.6) is 0 Å². The molecule has 0 fully saturated rings. The predicted octanol–water partition coefficient (Wildman–Crippen LogP) is 4.76. The van der Waals surface area contributed by atoms with Crippen LogP contribution in [0.4, 0.5) is 5.82 Å². The second-order valence-electron chi connectivity index (χ2n) is 5.08. The number of halogens is 1. The molecule has 3 rings (SSSR count). The Morgan fingerprint density at radius 3 is 2.52 bits per heavy atom. The standard InChI is InChI=1S/C17H16ClN3/c1-11-7-3-4-8-13(11)12(2)19-16-14-9-5-6-10-15(14)20-17(18)21-16/h3-10,12H,1-2H3,(H,19,20,21). The molecule has 0 aliphatic carbocycles. The molecule has 0 amide bonds. The number of hydrogen-bond acceptors (Lipinski definition) is 3. The second kappa shape index (κ2) is 5.70. The molecule has 0 radical (unpaired) electrons. The lowest BCUT2D eigenvalue weighted by Gasteiger charge is -2.18. The van der Waals surface area contributed by atoms with Crippen molar-refractivity contribution in [1.82, 2.24) is 9.97 Å². The lowest BCUT2D eigenvalue weighted by molar-refractivity contribution is 0.866. The number of hydrogen-bond donors (Lipinski definition) is 1. The fourth-order valence-electron chi connectivity index (χ4n) is 2.51. The van der Waals surface area contributed by atoms with Crippen LogP contribution in [0.3, 0.4) is 0 Å². The van der Waals surface area contributed by atoms with Crippen LogP contribution in [0.15, 0.2) is 48.5 Å². The molecule has 2 aromatic carbocycles. The molecule has 4 heteroatoms. The van der Waals surface area contributed by atoms with Crippen LogP contribution in [0.2, 0.25) is 5.28 Å². The highest BCUT2D eigenvalue weighted by molar-refractivity contribution is 6.28. The molecule has 0 aliphatic rings. The summed E-state index contributed by atoms with van der Waals surface area (Å²) in [7, 11) is 0. The van der Waals surface area contributed by atoms with E-state index in [1.54, 1.807) is 0 Å². The van der Waals surface area contributed by atoms with Gasteiger partial charge < -0.3 is 5.32 Å². The van der Waals surface area contributed by atoms with Gasteiger partial charge in [-0.25, -0.2) is 9.97 Å². The number of aryl methyl sites for hydroxylation is 1. The number of nitrogens with zero attached hydrogens (tertiary/aromatic N) is 2. The molecule has 1 atom stereocenters. The third-order valence-corrected chi connectivity index (χ3v) is 3.75. The van der Waals surface area contributed by atoms with E-state index < -0.39 is 0 Å². The summed E-state index contributed by atoms with van der Waals surface area (Å²) in [5.41, 5.74) is 3.34. The van der Waals surface area contributed by atoms with Gasteiger partial charge in [0.1, 0.15) is 5.82 Å². The number of benzene rings is 2. The molecule has 1 heterocycles. The lowest BCUT2D eigenvalue weighted by atomic mass is 10.0. The lowest BCUT2D eigenvalue weighted by Crippen LogP contribution is -2.10. The molecule has 1 unspecified atom stereocenters. The summed E-state index contributed by atoms with van der Waals surface area (Å²) in [4.78, 5) is 8.59. The minimum atomic E-state index is 0.139. The van der Waals surface area contributed by atoms with Gasteiger partial charge in [-0.05, 0) is 48.7 Å². The summed E-state index contributed by atoms with van der Waals surface area (Å²) in [5, 5.41) is 4.68. The Hall–Kier alpha value is -2.13. The van der Waals surface area contributed by atoms with Gasteiger partial charge >= 0.3 is 0 Å². The van der Waals surface area contributed by atoms with E-state index in [-0.39, 0.29) is 11.3 Å². The number of nitrogens with one attached hydrogen (secondary N) is 1. The van der Waals surface area contributed by atoms with E-state index in [1.807, 2.05) is 36.4 Å². The van der Waals surface area contributed by atoms with Gasteiger partial charge in [-0.3, -0.25) is 0 Å². The number of rotatable bonds is 3. The Balaban J connectivity index is 2.00. The van der Waals surface area contributed by atoms with Crippen LogP contribution in [0.1, 0.15) is 24.1 Å². The first-order valence-electron chi connectivity index (χ1n) is 6.89. The molecule has 0 bridgehead atoms. The van der Waals surface area contributed by atoms with Crippen LogP contribution in [-0.2, 0) is 0 Å². The Morgan fingerprint density at radius 2 is 1.71 bits per heavy atom. The number of fused-ring (bicyclic) bond motifs is 1. The van der Waals surface area contributed by atoms with Crippen LogP contribution >= 0.6 is 11.6 Å². The number of aromatic nitrogens is 2. The molecular formula is C17H16ClN3. The smallest absolute Gasteiger partial charge is 0.224 e. The third-order valence-electron chi connectivity index (χ3n) is 3.58. The molecule has 0 aliphatic heterocycles. The van der Waals surface area contributed by atoms with Gasteiger partial charge in [-0.2, -0.15) is 0 Å². The Kier molecular flexibility index (Phi) is 3.76. The summed E-state index contributed by atoms with van der Waals surface area (Å²) < 4.78 is 0. The molecular weight excluding hydrogens is 282 g/mol. The molecule has 0 saturated carbocycles. The molecule has 0 spiro atoms. The highest BCUT2D eigenvalue weighted by Gasteiger charge is 2.12. The van der Waals surface area contributed by atoms with Crippen molar-refractivity contribution < 1.29 is 0 Å². The first kappa shape index (κ1) is 13.8. The first-order chi connectivity index (χ1) is 10.1. The average molecular weight is 298 g/mol. The van der Waals surface area contributed by atoms with Crippen molar-refractivity contribution >= 4 is 28.3 Å². The van der Waals surface area contributed by atoms with Gasteiger partial charge in [-0.15, -0.1) is 0 Å². The fraction of sp³-hybridized carbons (Fsp3) is 0.176. The van der Waals surface area contributed by atoms with E-state index >= 15 is 0 Å². The van der Waals surface area contributed by atoms with Gasteiger partial charge in [0.15, 0.2) is 0 Å². The number of anilines is 1. The third kappa shape index (κ3) is 2.83. The maximum Gasteiger partial charge on any atom is 0.224 e. The Bertz CT molecular complexity index is 786.